The lowest BCUT2D eigenvalue weighted by Crippen LogP contribution is -2.39. The van der Waals surface area contributed by atoms with Crippen LogP contribution in [0.2, 0.25) is 0 Å². The molecule has 0 fully saturated rings. The molecule has 0 spiro atoms. The van der Waals surface area contributed by atoms with E-state index in [2.05, 4.69) is 10.6 Å². The lowest BCUT2D eigenvalue weighted by molar-refractivity contribution is -0.129. The second-order valence-corrected chi connectivity index (χ2v) is 12.5. The molecule has 0 aliphatic carbocycles. The molecule has 3 amide bonds. The van der Waals surface area contributed by atoms with Gasteiger partial charge in [-0.2, -0.15) is 0 Å². The lowest BCUT2D eigenvalue weighted by atomic mass is 10.1. The average molecular weight is 675 g/mol. The third-order valence-corrected chi connectivity index (χ3v) is 9.15. The van der Waals surface area contributed by atoms with Gasteiger partial charge in [0, 0.05) is 56.3 Å². The summed E-state index contributed by atoms with van der Waals surface area (Å²) in [5, 5.41) is 5.66. The zero-order valence-corrected chi connectivity index (χ0v) is 27.9. The van der Waals surface area contributed by atoms with Gasteiger partial charge in [0.15, 0.2) is 0 Å². The molecule has 0 radical (unpaired) electrons. The van der Waals surface area contributed by atoms with Gasteiger partial charge in [-0.1, -0.05) is 36.4 Å². The van der Waals surface area contributed by atoms with Crippen LogP contribution in [0.4, 0.5) is 19.3 Å². The maximum Gasteiger partial charge on any atom is 0.337 e. The monoisotopic (exact) mass is 674 g/mol. The number of hydrogen-bond donors (Lipinski definition) is 2. The maximum absolute atomic E-state index is 15.0. The largest absolute Gasteiger partial charge is 0.349 e. The van der Waals surface area contributed by atoms with Crippen LogP contribution in [0.1, 0.15) is 24.5 Å². The molecular formula is C35H36F2N6O4S. The molecule has 2 N–H and O–H groups in total. The molecule has 0 aliphatic rings. The molecule has 13 heteroatoms. The number of halogens is 2. The Bertz CT molecular complexity index is 2050. The van der Waals surface area contributed by atoms with E-state index in [4.69, 9.17) is 0 Å². The number of rotatable bonds is 11. The fourth-order valence-electron chi connectivity index (χ4n) is 5.34. The molecule has 0 bridgehead atoms. The summed E-state index contributed by atoms with van der Waals surface area (Å²) in [7, 11) is 5.19. The fourth-order valence-corrected chi connectivity index (χ4v) is 6.64. The zero-order valence-electron chi connectivity index (χ0n) is 27.0. The van der Waals surface area contributed by atoms with Crippen molar-refractivity contribution in [2.24, 2.45) is 0 Å². The van der Waals surface area contributed by atoms with Gasteiger partial charge >= 0.3 is 11.7 Å². The second kappa shape index (κ2) is 14.7. The van der Waals surface area contributed by atoms with E-state index in [-0.39, 0.29) is 40.7 Å². The van der Waals surface area contributed by atoms with Crippen molar-refractivity contribution in [3.63, 3.8) is 0 Å². The van der Waals surface area contributed by atoms with Crippen molar-refractivity contribution in [1.29, 1.82) is 0 Å². The van der Waals surface area contributed by atoms with E-state index in [0.29, 0.717) is 40.5 Å². The summed E-state index contributed by atoms with van der Waals surface area (Å²) < 4.78 is 32.2. The smallest absolute Gasteiger partial charge is 0.337 e. The third kappa shape index (κ3) is 7.21. The molecule has 250 valence electrons. The van der Waals surface area contributed by atoms with Crippen LogP contribution >= 0.6 is 11.3 Å². The van der Waals surface area contributed by atoms with Crippen LogP contribution in [0, 0.1) is 11.6 Å². The Morgan fingerprint density at radius 3 is 2.17 bits per heavy atom. The van der Waals surface area contributed by atoms with Gasteiger partial charge < -0.3 is 20.4 Å². The zero-order chi connectivity index (χ0) is 34.5. The third-order valence-electron chi connectivity index (χ3n) is 7.84. The highest BCUT2D eigenvalue weighted by Crippen LogP contribution is 2.38. The molecule has 10 nitrogen and oxygen atoms in total. The number of benzene rings is 3. The SMILES string of the molecule is CCNC(=O)Nc1ccc(-c2sc3c(c2CN(C)CCC(=O)N(C)C)c(=O)n(-c2ccccc2)c(=O)n3Cc2c(F)cccc2F)cc1. The van der Waals surface area contributed by atoms with Crippen LogP contribution in [-0.2, 0) is 17.9 Å². The van der Waals surface area contributed by atoms with Crippen molar-refractivity contribution < 1.29 is 18.4 Å². The Morgan fingerprint density at radius 2 is 1.54 bits per heavy atom. The average Bonchev–Trinajstić information content (AvgIpc) is 3.43. The first-order valence-electron chi connectivity index (χ1n) is 15.3. The minimum Gasteiger partial charge on any atom is -0.349 e. The first-order chi connectivity index (χ1) is 23.0. The molecule has 0 aliphatic heterocycles. The van der Waals surface area contributed by atoms with Gasteiger partial charge in [-0.15, -0.1) is 11.3 Å². The van der Waals surface area contributed by atoms with Crippen LogP contribution in [0.3, 0.4) is 0 Å². The predicted molar refractivity (Wildman–Crippen MR) is 185 cm³/mol. The van der Waals surface area contributed by atoms with Crippen molar-refractivity contribution in [3.8, 4) is 16.1 Å². The van der Waals surface area contributed by atoms with Crippen molar-refractivity contribution in [1.82, 2.24) is 24.3 Å². The van der Waals surface area contributed by atoms with Crippen molar-refractivity contribution >= 4 is 39.2 Å². The molecule has 2 aromatic heterocycles. The van der Waals surface area contributed by atoms with Gasteiger partial charge in [-0.05, 0) is 61.5 Å². The van der Waals surface area contributed by atoms with Gasteiger partial charge in [0.1, 0.15) is 16.5 Å². The second-order valence-electron chi connectivity index (χ2n) is 11.5. The number of nitrogens with zero attached hydrogens (tertiary/aromatic N) is 4. The Morgan fingerprint density at radius 1 is 0.875 bits per heavy atom. The molecule has 5 rings (SSSR count). The maximum atomic E-state index is 15.0. The fraction of sp³-hybridized carbons (Fsp3) is 0.257. The van der Waals surface area contributed by atoms with Crippen LogP contribution in [0.5, 0.6) is 0 Å². The van der Waals surface area contributed by atoms with E-state index in [1.807, 2.05) is 18.9 Å². The van der Waals surface area contributed by atoms with Gasteiger partial charge in [0.25, 0.3) is 5.56 Å². The van der Waals surface area contributed by atoms with E-state index in [1.165, 1.54) is 26.9 Å². The van der Waals surface area contributed by atoms with Crippen LogP contribution in [0.15, 0.2) is 82.4 Å². The summed E-state index contributed by atoms with van der Waals surface area (Å²) in [5.41, 5.74) is 0.523. The number of aromatic nitrogens is 2. The number of carbonyl (C=O) groups excluding carboxylic acids is 2. The highest BCUT2D eigenvalue weighted by Gasteiger charge is 2.26. The predicted octanol–water partition coefficient (Wildman–Crippen LogP) is 5.26. The van der Waals surface area contributed by atoms with E-state index < -0.39 is 29.4 Å². The molecular weight excluding hydrogens is 638 g/mol. The summed E-state index contributed by atoms with van der Waals surface area (Å²) in [6.07, 6.45) is 0.243. The number of para-hydroxylation sites is 1. The number of thiophene rings is 1. The number of amides is 3. The molecule has 48 heavy (non-hydrogen) atoms. The molecule has 0 saturated carbocycles. The molecule has 2 heterocycles. The normalized spacial score (nSPS) is 11.2. The first kappa shape index (κ1) is 34.2. The highest BCUT2D eigenvalue weighted by atomic mass is 32.1. The Balaban J connectivity index is 1.75. The van der Waals surface area contributed by atoms with E-state index in [9.17, 15) is 28.0 Å². The minimum atomic E-state index is -0.815. The lowest BCUT2D eigenvalue weighted by Gasteiger charge is -2.19. The quantitative estimate of drug-likeness (QED) is 0.199. The summed E-state index contributed by atoms with van der Waals surface area (Å²) in [6.45, 7) is 2.43. The summed E-state index contributed by atoms with van der Waals surface area (Å²) in [4.78, 5) is 57.3. The number of hydrogen-bond acceptors (Lipinski definition) is 6. The van der Waals surface area contributed by atoms with E-state index in [0.717, 1.165) is 16.7 Å². The van der Waals surface area contributed by atoms with Gasteiger partial charge in [0.2, 0.25) is 5.91 Å². The standard InChI is InChI=1S/C35H36F2N6O4S/c1-5-38-34(46)39-23-16-14-22(15-17-23)31-26(20-41(4)19-18-29(44)40(2)3)30-32(45)43(24-10-7-6-8-11-24)35(47)42(33(30)48-31)21-25-27(36)12-9-13-28(25)37/h6-17H,5,18-21H2,1-4H3,(H2,38,39,46). The van der Waals surface area contributed by atoms with E-state index >= 15 is 0 Å². The van der Waals surface area contributed by atoms with E-state index in [1.54, 1.807) is 68.7 Å². The molecule has 0 saturated heterocycles. The summed E-state index contributed by atoms with van der Waals surface area (Å²) >= 11 is 1.17. The van der Waals surface area contributed by atoms with Crippen molar-refractivity contribution in [2.75, 3.05) is 39.5 Å². The van der Waals surface area contributed by atoms with Gasteiger partial charge in [-0.3, -0.25) is 14.2 Å². The number of nitrogens with one attached hydrogen (secondary N) is 2. The Kier molecular flexibility index (Phi) is 10.5. The topological polar surface area (TPSA) is 109 Å². The first-order valence-corrected chi connectivity index (χ1v) is 16.1. The molecule has 3 aromatic carbocycles. The number of fused-ring (bicyclic) bond motifs is 1. The molecule has 0 unspecified atom stereocenters. The number of carbonyl (C=O) groups is 2. The van der Waals surface area contributed by atoms with Crippen molar-refractivity contribution in [3.05, 3.63) is 116 Å². The van der Waals surface area contributed by atoms with Crippen LogP contribution < -0.4 is 21.9 Å². The summed E-state index contributed by atoms with van der Waals surface area (Å²) in [6, 6.07) is 18.6. The Labute approximate surface area is 279 Å². The Hall–Kier alpha value is -5.14. The van der Waals surface area contributed by atoms with Gasteiger partial charge in [0.05, 0.1) is 17.6 Å². The number of urea groups is 1. The molecule has 0 atom stereocenters. The molecule has 5 aromatic rings. The summed E-state index contributed by atoms with van der Waals surface area (Å²) in [5.74, 6) is -1.69. The van der Waals surface area contributed by atoms with Gasteiger partial charge in [-0.25, -0.2) is 22.9 Å². The minimum absolute atomic E-state index is 0.0559. The van der Waals surface area contributed by atoms with Crippen molar-refractivity contribution in [2.45, 2.75) is 26.4 Å². The van der Waals surface area contributed by atoms with Crippen LogP contribution in [-0.4, -0.2) is 65.1 Å². The van der Waals surface area contributed by atoms with Crippen LogP contribution in [0.25, 0.3) is 26.3 Å². The number of anilines is 1. The highest BCUT2D eigenvalue weighted by molar-refractivity contribution is 7.22.